The lowest BCUT2D eigenvalue weighted by molar-refractivity contribution is -0.122. The van der Waals surface area contributed by atoms with Gasteiger partial charge in [-0.25, -0.2) is 0 Å². The maximum absolute atomic E-state index is 11.9. The fourth-order valence-electron chi connectivity index (χ4n) is 2.84. The molecule has 0 atom stereocenters. The van der Waals surface area contributed by atoms with Gasteiger partial charge in [-0.15, -0.1) is 0 Å². The van der Waals surface area contributed by atoms with Gasteiger partial charge in [-0.2, -0.15) is 0 Å². The Bertz CT molecular complexity index is 459. The molecule has 0 aromatic heterocycles. The second-order valence-electron chi connectivity index (χ2n) is 6.67. The monoisotopic (exact) mass is 289 g/mol. The summed E-state index contributed by atoms with van der Waals surface area (Å²) in [5.41, 5.74) is 1.73. The summed E-state index contributed by atoms with van der Waals surface area (Å²) in [6, 6.07) is 8.27. The molecule has 0 unspecified atom stereocenters. The van der Waals surface area contributed by atoms with Crippen LogP contribution in [0.3, 0.4) is 0 Å². The molecule has 3 heteroatoms. The Labute approximate surface area is 127 Å². The van der Waals surface area contributed by atoms with Gasteiger partial charge in [0.2, 0.25) is 5.91 Å². The van der Waals surface area contributed by atoms with Crippen molar-refractivity contribution in [2.45, 2.75) is 58.0 Å². The third kappa shape index (κ3) is 5.16. The first kappa shape index (κ1) is 16.0. The van der Waals surface area contributed by atoms with Gasteiger partial charge in [0.1, 0.15) is 0 Å². The third-order valence-corrected chi connectivity index (χ3v) is 4.58. The quantitative estimate of drug-likeness (QED) is 0.875. The Hall–Kier alpha value is -1.35. The van der Waals surface area contributed by atoms with E-state index < -0.39 is 5.60 Å². The van der Waals surface area contributed by atoms with E-state index in [1.54, 1.807) is 0 Å². The van der Waals surface area contributed by atoms with Crippen LogP contribution in [0.4, 0.5) is 0 Å². The Morgan fingerprint density at radius 2 is 1.90 bits per heavy atom. The molecule has 0 aliphatic heterocycles. The van der Waals surface area contributed by atoms with E-state index in [-0.39, 0.29) is 5.91 Å². The average Bonchev–Trinajstić information content (AvgIpc) is 2.48. The van der Waals surface area contributed by atoms with E-state index in [2.05, 4.69) is 43.4 Å². The summed E-state index contributed by atoms with van der Waals surface area (Å²) >= 11 is 0. The number of hydrogen-bond acceptors (Lipinski definition) is 2. The summed E-state index contributed by atoms with van der Waals surface area (Å²) in [6.45, 7) is 4.67. The largest absolute Gasteiger partial charge is 0.388 e. The molecule has 1 aliphatic rings. The molecule has 2 N–H and O–H groups in total. The van der Waals surface area contributed by atoms with Crippen molar-refractivity contribution in [1.29, 1.82) is 0 Å². The number of aliphatic hydroxyl groups is 1. The molecule has 1 fully saturated rings. The van der Waals surface area contributed by atoms with E-state index in [0.29, 0.717) is 18.9 Å². The lowest BCUT2D eigenvalue weighted by atomic mass is 9.79. The van der Waals surface area contributed by atoms with Crippen molar-refractivity contribution in [3.05, 3.63) is 35.4 Å². The number of aryl methyl sites for hydroxylation is 2. The van der Waals surface area contributed by atoms with Gasteiger partial charge in [-0.3, -0.25) is 4.79 Å². The third-order valence-electron chi connectivity index (χ3n) is 4.58. The summed E-state index contributed by atoms with van der Waals surface area (Å²) in [5.74, 6) is 0.727. The van der Waals surface area contributed by atoms with Crippen LogP contribution in [0.15, 0.2) is 24.3 Å². The molecule has 1 aliphatic carbocycles. The molecule has 0 saturated heterocycles. The van der Waals surface area contributed by atoms with Crippen LogP contribution in [0.2, 0.25) is 0 Å². The molecule has 116 valence electrons. The van der Waals surface area contributed by atoms with Crippen LogP contribution in [0, 0.1) is 12.8 Å². The van der Waals surface area contributed by atoms with Gasteiger partial charge < -0.3 is 10.4 Å². The van der Waals surface area contributed by atoms with E-state index in [1.165, 1.54) is 11.1 Å². The van der Waals surface area contributed by atoms with Gasteiger partial charge in [0.05, 0.1) is 5.60 Å². The van der Waals surface area contributed by atoms with E-state index in [0.717, 1.165) is 32.1 Å². The predicted molar refractivity (Wildman–Crippen MR) is 85.1 cm³/mol. The van der Waals surface area contributed by atoms with E-state index in [9.17, 15) is 9.90 Å². The summed E-state index contributed by atoms with van der Waals surface area (Å²) in [5, 5.41) is 13.3. The fourth-order valence-corrected chi connectivity index (χ4v) is 2.84. The zero-order valence-electron chi connectivity index (χ0n) is 13.2. The number of hydrogen-bond donors (Lipinski definition) is 2. The molecule has 1 aromatic rings. The van der Waals surface area contributed by atoms with Gasteiger partial charge >= 0.3 is 0 Å². The molecule has 0 bridgehead atoms. The van der Waals surface area contributed by atoms with Gasteiger partial charge in [0, 0.05) is 13.0 Å². The smallest absolute Gasteiger partial charge is 0.220 e. The van der Waals surface area contributed by atoms with Crippen molar-refractivity contribution in [2.24, 2.45) is 5.92 Å². The van der Waals surface area contributed by atoms with Crippen LogP contribution in [-0.4, -0.2) is 23.2 Å². The zero-order valence-corrected chi connectivity index (χ0v) is 13.2. The van der Waals surface area contributed by atoms with Crippen molar-refractivity contribution >= 4 is 5.91 Å². The van der Waals surface area contributed by atoms with Crippen LogP contribution in [0.5, 0.6) is 0 Å². The van der Waals surface area contributed by atoms with Crippen LogP contribution in [0.25, 0.3) is 0 Å². The second-order valence-corrected chi connectivity index (χ2v) is 6.67. The number of nitrogens with one attached hydrogen (secondary N) is 1. The molecule has 2 rings (SSSR count). The minimum Gasteiger partial charge on any atom is -0.388 e. The highest BCUT2D eigenvalue weighted by molar-refractivity contribution is 5.76. The molecule has 0 radical (unpaired) electrons. The van der Waals surface area contributed by atoms with Crippen LogP contribution >= 0.6 is 0 Å². The lowest BCUT2D eigenvalue weighted by Crippen LogP contribution is -2.45. The van der Waals surface area contributed by atoms with Crippen molar-refractivity contribution in [1.82, 2.24) is 5.32 Å². The Balaban J connectivity index is 1.71. The van der Waals surface area contributed by atoms with Crippen molar-refractivity contribution in [2.75, 3.05) is 6.54 Å². The standard InChI is InChI=1S/C18H27NO2/c1-14-3-5-16(6-4-14)7-8-17(20)19-13-18(21)11-9-15(2)10-12-18/h3-6,15,21H,7-13H2,1-2H3,(H,19,20). The summed E-state index contributed by atoms with van der Waals surface area (Å²) in [4.78, 5) is 11.9. The Morgan fingerprint density at radius 3 is 2.52 bits per heavy atom. The first-order chi connectivity index (χ1) is 9.97. The SMILES string of the molecule is Cc1ccc(CCC(=O)NCC2(O)CCC(C)CC2)cc1. The molecule has 1 aromatic carbocycles. The maximum atomic E-state index is 11.9. The van der Waals surface area contributed by atoms with E-state index in [4.69, 9.17) is 0 Å². The maximum Gasteiger partial charge on any atom is 0.220 e. The zero-order chi connectivity index (χ0) is 15.3. The van der Waals surface area contributed by atoms with E-state index in [1.807, 2.05) is 0 Å². The van der Waals surface area contributed by atoms with Crippen LogP contribution in [0.1, 0.15) is 50.2 Å². The molecule has 3 nitrogen and oxygen atoms in total. The molecule has 21 heavy (non-hydrogen) atoms. The Kier molecular flexibility index (Phi) is 5.40. The van der Waals surface area contributed by atoms with Gasteiger partial charge in [-0.05, 0) is 50.5 Å². The van der Waals surface area contributed by atoms with E-state index >= 15 is 0 Å². The lowest BCUT2D eigenvalue weighted by Gasteiger charge is -2.34. The first-order valence-electron chi connectivity index (χ1n) is 8.01. The Morgan fingerprint density at radius 1 is 1.29 bits per heavy atom. The highest BCUT2D eigenvalue weighted by Crippen LogP contribution is 2.31. The topological polar surface area (TPSA) is 49.3 Å². The van der Waals surface area contributed by atoms with Crippen LogP contribution in [-0.2, 0) is 11.2 Å². The fraction of sp³-hybridized carbons (Fsp3) is 0.611. The van der Waals surface area contributed by atoms with Crippen molar-refractivity contribution < 1.29 is 9.90 Å². The first-order valence-corrected chi connectivity index (χ1v) is 8.01. The number of amides is 1. The minimum atomic E-state index is -0.688. The summed E-state index contributed by atoms with van der Waals surface area (Å²) in [7, 11) is 0. The highest BCUT2D eigenvalue weighted by atomic mass is 16.3. The molecule has 1 amide bonds. The minimum absolute atomic E-state index is 0.0302. The van der Waals surface area contributed by atoms with Gasteiger partial charge in [0.25, 0.3) is 0 Å². The molecule has 0 heterocycles. The molecular formula is C18H27NO2. The highest BCUT2D eigenvalue weighted by Gasteiger charge is 2.31. The molecule has 1 saturated carbocycles. The van der Waals surface area contributed by atoms with Gasteiger partial charge in [-0.1, -0.05) is 36.8 Å². The van der Waals surface area contributed by atoms with Crippen LogP contribution < -0.4 is 5.32 Å². The summed E-state index contributed by atoms with van der Waals surface area (Å²) < 4.78 is 0. The van der Waals surface area contributed by atoms with Crippen molar-refractivity contribution in [3.63, 3.8) is 0 Å². The average molecular weight is 289 g/mol. The normalized spacial score (nSPS) is 25.6. The number of rotatable bonds is 5. The molecular weight excluding hydrogens is 262 g/mol. The number of carbonyl (C=O) groups excluding carboxylic acids is 1. The summed E-state index contributed by atoms with van der Waals surface area (Å²) in [6.07, 6.45) is 4.93. The van der Waals surface area contributed by atoms with Crippen molar-refractivity contribution in [3.8, 4) is 0 Å². The molecule has 0 spiro atoms. The number of carbonyl (C=O) groups is 1. The second kappa shape index (κ2) is 7.08. The van der Waals surface area contributed by atoms with Gasteiger partial charge in [0.15, 0.2) is 0 Å². The number of benzene rings is 1. The predicted octanol–water partition coefficient (Wildman–Crippen LogP) is 2.99.